The minimum Gasteiger partial charge on any atom is -0.317 e. The van der Waals surface area contributed by atoms with Gasteiger partial charge in [0.25, 0.3) is 0 Å². The molecule has 0 aromatic carbocycles. The van der Waals surface area contributed by atoms with Gasteiger partial charge in [0.05, 0.1) is 0 Å². The van der Waals surface area contributed by atoms with E-state index in [1.165, 1.54) is 37.7 Å². The Morgan fingerprint density at radius 1 is 1.44 bits per heavy atom. The van der Waals surface area contributed by atoms with E-state index in [1.807, 2.05) is 18.5 Å². The average molecular weight is 218 g/mol. The number of hydrogen-bond donors (Lipinski definition) is 1. The molecule has 88 valence electrons. The summed E-state index contributed by atoms with van der Waals surface area (Å²) in [6.45, 7) is 0. The van der Waals surface area contributed by atoms with E-state index in [0.717, 1.165) is 12.3 Å². The lowest BCUT2D eigenvalue weighted by atomic mass is 9.94. The molecule has 2 rings (SSSR count). The number of aromatic nitrogens is 1. The molecule has 0 aliphatic heterocycles. The molecule has 2 heteroatoms. The van der Waals surface area contributed by atoms with Crippen molar-refractivity contribution in [2.75, 3.05) is 7.05 Å². The highest BCUT2D eigenvalue weighted by Gasteiger charge is 2.19. The Labute approximate surface area is 98.5 Å². The quantitative estimate of drug-likeness (QED) is 0.822. The Balaban J connectivity index is 1.85. The number of hydrogen-bond acceptors (Lipinski definition) is 2. The number of nitrogens with zero attached hydrogens (tertiary/aromatic N) is 1. The molecule has 0 amide bonds. The maximum atomic E-state index is 4.18. The topological polar surface area (TPSA) is 24.9 Å². The third-order valence-corrected chi connectivity index (χ3v) is 3.71. The molecule has 1 heterocycles. The van der Waals surface area contributed by atoms with Gasteiger partial charge in [0.2, 0.25) is 0 Å². The van der Waals surface area contributed by atoms with Crippen LogP contribution in [0.25, 0.3) is 0 Å². The summed E-state index contributed by atoms with van der Waals surface area (Å²) in [6.07, 6.45) is 12.0. The summed E-state index contributed by atoms with van der Waals surface area (Å²) in [5.41, 5.74) is 1.35. The highest BCUT2D eigenvalue weighted by atomic mass is 14.9. The van der Waals surface area contributed by atoms with Crippen LogP contribution in [0.3, 0.4) is 0 Å². The molecule has 0 spiro atoms. The summed E-state index contributed by atoms with van der Waals surface area (Å²) in [7, 11) is 2.08. The monoisotopic (exact) mass is 218 g/mol. The first-order valence-corrected chi connectivity index (χ1v) is 6.44. The van der Waals surface area contributed by atoms with Gasteiger partial charge in [-0.25, -0.2) is 0 Å². The fourth-order valence-electron chi connectivity index (χ4n) is 2.76. The summed E-state index contributed by atoms with van der Waals surface area (Å²) < 4.78 is 0. The zero-order valence-electron chi connectivity index (χ0n) is 10.2. The molecule has 1 aliphatic rings. The molecular formula is C14H22N2. The average Bonchev–Trinajstić information content (AvgIpc) is 2.82. The van der Waals surface area contributed by atoms with Crippen molar-refractivity contribution in [1.29, 1.82) is 0 Å². The number of rotatable bonds is 5. The van der Waals surface area contributed by atoms with Gasteiger partial charge in [-0.3, -0.25) is 4.98 Å². The van der Waals surface area contributed by atoms with Gasteiger partial charge in [-0.15, -0.1) is 0 Å². The van der Waals surface area contributed by atoms with Crippen molar-refractivity contribution in [3.63, 3.8) is 0 Å². The summed E-state index contributed by atoms with van der Waals surface area (Å²) in [5.74, 6) is 0.953. The third kappa shape index (κ3) is 3.31. The van der Waals surface area contributed by atoms with Crippen LogP contribution in [-0.4, -0.2) is 18.1 Å². The van der Waals surface area contributed by atoms with Gasteiger partial charge >= 0.3 is 0 Å². The smallest absolute Gasteiger partial charge is 0.0300 e. The largest absolute Gasteiger partial charge is 0.317 e. The lowest BCUT2D eigenvalue weighted by molar-refractivity contribution is 0.402. The van der Waals surface area contributed by atoms with Crippen LogP contribution in [0.2, 0.25) is 0 Å². The number of nitrogens with one attached hydrogen (secondary N) is 1. The molecule has 1 aromatic heterocycles. The second kappa shape index (κ2) is 6.00. The minimum atomic E-state index is 0.618. The van der Waals surface area contributed by atoms with Crippen LogP contribution < -0.4 is 5.32 Å². The second-order valence-corrected chi connectivity index (χ2v) is 4.94. The Hall–Kier alpha value is -0.890. The molecule has 1 aromatic rings. The van der Waals surface area contributed by atoms with Crippen LogP contribution in [0.5, 0.6) is 0 Å². The lowest BCUT2D eigenvalue weighted by Gasteiger charge is -2.19. The van der Waals surface area contributed by atoms with Crippen LogP contribution in [0.1, 0.15) is 37.7 Å². The maximum Gasteiger partial charge on any atom is 0.0300 e. The van der Waals surface area contributed by atoms with Crippen LogP contribution in [0, 0.1) is 5.92 Å². The second-order valence-electron chi connectivity index (χ2n) is 4.94. The zero-order chi connectivity index (χ0) is 11.2. The number of likely N-dealkylation sites (N-methyl/N-ethyl adjacent to an activating group) is 1. The molecule has 16 heavy (non-hydrogen) atoms. The van der Waals surface area contributed by atoms with E-state index < -0.39 is 0 Å². The van der Waals surface area contributed by atoms with Crippen molar-refractivity contribution >= 4 is 0 Å². The summed E-state index contributed by atoms with van der Waals surface area (Å²) in [5, 5.41) is 3.45. The van der Waals surface area contributed by atoms with E-state index >= 15 is 0 Å². The summed E-state index contributed by atoms with van der Waals surface area (Å²) in [6, 6.07) is 4.82. The predicted octanol–water partition coefficient (Wildman–Crippen LogP) is 2.79. The first-order valence-electron chi connectivity index (χ1n) is 6.44. The van der Waals surface area contributed by atoms with Crippen molar-refractivity contribution < 1.29 is 0 Å². The van der Waals surface area contributed by atoms with E-state index in [0.29, 0.717) is 6.04 Å². The van der Waals surface area contributed by atoms with E-state index in [4.69, 9.17) is 0 Å². The first kappa shape index (κ1) is 11.6. The SMILES string of the molecule is CNC(Cc1cccnc1)CC1CCCC1. The fourth-order valence-corrected chi connectivity index (χ4v) is 2.76. The third-order valence-electron chi connectivity index (χ3n) is 3.71. The van der Waals surface area contributed by atoms with Crippen molar-refractivity contribution in [3.8, 4) is 0 Å². The van der Waals surface area contributed by atoms with Gasteiger partial charge in [-0.2, -0.15) is 0 Å². The maximum absolute atomic E-state index is 4.18. The van der Waals surface area contributed by atoms with Crippen molar-refractivity contribution in [2.45, 2.75) is 44.6 Å². The molecule has 1 saturated carbocycles. The highest BCUT2D eigenvalue weighted by molar-refractivity contribution is 5.10. The van der Waals surface area contributed by atoms with E-state index in [2.05, 4.69) is 23.4 Å². The molecule has 0 radical (unpaired) electrons. The molecule has 0 saturated heterocycles. The van der Waals surface area contributed by atoms with Gasteiger partial charge in [-0.05, 0) is 37.4 Å². The molecule has 2 nitrogen and oxygen atoms in total. The fraction of sp³-hybridized carbons (Fsp3) is 0.643. The predicted molar refractivity (Wildman–Crippen MR) is 67.4 cm³/mol. The number of pyridine rings is 1. The minimum absolute atomic E-state index is 0.618. The molecule has 1 fully saturated rings. The van der Waals surface area contributed by atoms with Crippen molar-refractivity contribution in [3.05, 3.63) is 30.1 Å². The van der Waals surface area contributed by atoms with Crippen LogP contribution in [0.15, 0.2) is 24.5 Å². The molecule has 1 unspecified atom stereocenters. The Morgan fingerprint density at radius 2 is 2.25 bits per heavy atom. The normalized spacial score (nSPS) is 18.8. The molecule has 1 aliphatic carbocycles. The van der Waals surface area contributed by atoms with Gasteiger partial charge in [0.1, 0.15) is 0 Å². The Morgan fingerprint density at radius 3 is 2.88 bits per heavy atom. The summed E-state index contributed by atoms with van der Waals surface area (Å²) in [4.78, 5) is 4.18. The van der Waals surface area contributed by atoms with Crippen molar-refractivity contribution in [2.24, 2.45) is 5.92 Å². The first-order chi connectivity index (χ1) is 7.88. The lowest BCUT2D eigenvalue weighted by Crippen LogP contribution is -2.29. The van der Waals surface area contributed by atoms with Gasteiger partial charge in [0.15, 0.2) is 0 Å². The van der Waals surface area contributed by atoms with E-state index in [9.17, 15) is 0 Å². The zero-order valence-corrected chi connectivity index (χ0v) is 10.2. The molecule has 1 atom stereocenters. The van der Waals surface area contributed by atoms with Gasteiger partial charge < -0.3 is 5.32 Å². The standard InChI is InChI=1S/C14H22N2/c1-15-14(9-12-5-2-3-6-12)10-13-7-4-8-16-11-13/h4,7-8,11-12,14-15H,2-3,5-6,9-10H2,1H3. The Bertz CT molecular complexity index is 291. The van der Waals surface area contributed by atoms with E-state index in [1.54, 1.807) is 0 Å². The summed E-state index contributed by atoms with van der Waals surface area (Å²) >= 11 is 0. The molecule has 0 bridgehead atoms. The van der Waals surface area contributed by atoms with Crippen LogP contribution in [0.4, 0.5) is 0 Å². The van der Waals surface area contributed by atoms with E-state index in [-0.39, 0.29) is 0 Å². The molecule has 1 N–H and O–H groups in total. The molecular weight excluding hydrogens is 196 g/mol. The van der Waals surface area contributed by atoms with Crippen LogP contribution in [-0.2, 0) is 6.42 Å². The Kier molecular flexibility index (Phi) is 4.34. The van der Waals surface area contributed by atoms with Crippen LogP contribution >= 0.6 is 0 Å². The van der Waals surface area contributed by atoms with Gasteiger partial charge in [-0.1, -0.05) is 31.7 Å². The van der Waals surface area contributed by atoms with Crippen molar-refractivity contribution in [1.82, 2.24) is 10.3 Å². The van der Waals surface area contributed by atoms with Gasteiger partial charge in [0, 0.05) is 18.4 Å². The highest BCUT2D eigenvalue weighted by Crippen LogP contribution is 2.29.